The van der Waals surface area contributed by atoms with Crippen molar-refractivity contribution in [2.75, 3.05) is 13.6 Å². The first-order valence-corrected chi connectivity index (χ1v) is 8.40. The highest BCUT2D eigenvalue weighted by atomic mass is 16.5. The smallest absolute Gasteiger partial charge is 0.280 e. The van der Waals surface area contributed by atoms with E-state index in [0.29, 0.717) is 12.0 Å². The molecule has 0 aliphatic carbocycles. The minimum absolute atomic E-state index is 0.126. The van der Waals surface area contributed by atoms with Gasteiger partial charge < -0.3 is 9.42 Å². The molecule has 1 aliphatic rings. The highest BCUT2D eigenvalue weighted by molar-refractivity contribution is 5.24. The molecule has 2 aromatic rings. The summed E-state index contributed by atoms with van der Waals surface area (Å²) in [6.07, 6.45) is 3.17. The number of likely N-dealkylation sites (tertiary alicyclic amines) is 1. The van der Waals surface area contributed by atoms with Crippen molar-refractivity contribution in [3.63, 3.8) is 0 Å². The summed E-state index contributed by atoms with van der Waals surface area (Å²) in [6, 6.07) is 12.8. The number of piperidine rings is 1. The Morgan fingerprint density at radius 3 is 2.70 bits per heavy atom. The van der Waals surface area contributed by atoms with Crippen LogP contribution in [0, 0.1) is 0 Å². The van der Waals surface area contributed by atoms with Gasteiger partial charge in [-0.25, -0.2) is 0 Å². The molecule has 2 heterocycles. The van der Waals surface area contributed by atoms with Crippen molar-refractivity contribution in [3.05, 3.63) is 58.1 Å². The van der Waals surface area contributed by atoms with Crippen LogP contribution in [-0.2, 0) is 5.41 Å². The van der Waals surface area contributed by atoms with Gasteiger partial charge in [-0.2, -0.15) is 5.16 Å². The van der Waals surface area contributed by atoms with Gasteiger partial charge in [0.1, 0.15) is 5.76 Å². The first kappa shape index (κ1) is 16.1. The number of aromatic amines is 1. The van der Waals surface area contributed by atoms with Gasteiger partial charge >= 0.3 is 0 Å². The Kier molecular flexibility index (Phi) is 4.44. The average molecular weight is 314 g/mol. The molecule has 0 saturated carbocycles. The number of rotatable bonds is 4. The van der Waals surface area contributed by atoms with Crippen molar-refractivity contribution in [1.82, 2.24) is 10.1 Å². The van der Waals surface area contributed by atoms with Crippen LogP contribution in [0.4, 0.5) is 0 Å². The monoisotopic (exact) mass is 314 g/mol. The van der Waals surface area contributed by atoms with Gasteiger partial charge in [-0.1, -0.05) is 44.2 Å². The fourth-order valence-corrected chi connectivity index (χ4v) is 3.76. The van der Waals surface area contributed by atoms with Gasteiger partial charge in [-0.15, -0.1) is 0 Å². The molecule has 0 radical (unpaired) electrons. The highest BCUT2D eigenvalue weighted by Gasteiger charge is 2.33. The van der Waals surface area contributed by atoms with Crippen molar-refractivity contribution in [2.24, 2.45) is 0 Å². The Morgan fingerprint density at radius 2 is 2.04 bits per heavy atom. The van der Waals surface area contributed by atoms with E-state index in [-0.39, 0.29) is 11.0 Å². The molecule has 23 heavy (non-hydrogen) atoms. The third kappa shape index (κ3) is 3.58. The Bertz CT molecular complexity index is 687. The molecule has 0 amide bonds. The van der Waals surface area contributed by atoms with Gasteiger partial charge in [0, 0.05) is 18.0 Å². The summed E-state index contributed by atoms with van der Waals surface area (Å²) in [6.45, 7) is 5.67. The zero-order valence-corrected chi connectivity index (χ0v) is 14.2. The van der Waals surface area contributed by atoms with Crippen LogP contribution < -0.4 is 5.56 Å². The van der Waals surface area contributed by atoms with E-state index in [4.69, 9.17) is 4.52 Å². The normalized spacial score (nSPS) is 23.1. The van der Waals surface area contributed by atoms with E-state index >= 15 is 0 Å². The maximum absolute atomic E-state index is 11.3. The van der Waals surface area contributed by atoms with Crippen LogP contribution in [0.1, 0.15) is 50.4 Å². The van der Waals surface area contributed by atoms with Crippen molar-refractivity contribution < 1.29 is 4.52 Å². The summed E-state index contributed by atoms with van der Waals surface area (Å²) in [5.41, 5.74) is 1.37. The van der Waals surface area contributed by atoms with Crippen LogP contribution in [-0.4, -0.2) is 29.7 Å². The van der Waals surface area contributed by atoms with Crippen LogP contribution in [0.5, 0.6) is 0 Å². The number of benzene rings is 1. The molecule has 1 aromatic carbocycles. The van der Waals surface area contributed by atoms with Gasteiger partial charge in [0.05, 0.1) is 0 Å². The minimum Gasteiger partial charge on any atom is -0.383 e. The summed E-state index contributed by atoms with van der Waals surface area (Å²) < 4.78 is 5.35. The number of aromatic nitrogens is 1. The molecule has 2 unspecified atom stereocenters. The van der Waals surface area contributed by atoms with Crippen LogP contribution in [0.2, 0.25) is 0 Å². The molecule has 124 valence electrons. The van der Waals surface area contributed by atoms with Crippen LogP contribution in [0.15, 0.2) is 45.7 Å². The van der Waals surface area contributed by atoms with E-state index in [1.54, 1.807) is 6.07 Å². The molecular formula is C19H26N2O2. The Morgan fingerprint density at radius 1 is 1.30 bits per heavy atom. The number of nitrogens with one attached hydrogen (secondary N) is 1. The molecule has 0 spiro atoms. The maximum atomic E-state index is 11.3. The zero-order valence-electron chi connectivity index (χ0n) is 14.2. The predicted molar refractivity (Wildman–Crippen MR) is 91.8 cm³/mol. The Hall–Kier alpha value is -1.81. The Balaban J connectivity index is 1.74. The van der Waals surface area contributed by atoms with Crippen LogP contribution in [0.25, 0.3) is 0 Å². The van der Waals surface area contributed by atoms with Gasteiger partial charge in [0.25, 0.3) is 5.56 Å². The van der Waals surface area contributed by atoms with Crippen molar-refractivity contribution >= 4 is 0 Å². The number of H-pyrrole nitrogens is 1. The third-order valence-electron chi connectivity index (χ3n) is 5.26. The van der Waals surface area contributed by atoms with Gasteiger partial charge in [0.15, 0.2) is 0 Å². The average Bonchev–Trinajstić information content (AvgIpc) is 2.97. The van der Waals surface area contributed by atoms with Crippen molar-refractivity contribution in [1.29, 1.82) is 0 Å². The van der Waals surface area contributed by atoms with Crippen LogP contribution in [0.3, 0.4) is 0 Å². The molecule has 3 rings (SSSR count). The molecule has 1 saturated heterocycles. The van der Waals surface area contributed by atoms with E-state index in [2.05, 4.69) is 61.3 Å². The molecule has 2 atom stereocenters. The molecular weight excluding hydrogens is 288 g/mol. The van der Waals surface area contributed by atoms with Crippen LogP contribution >= 0.6 is 0 Å². The van der Waals surface area contributed by atoms with E-state index in [0.717, 1.165) is 31.6 Å². The molecule has 1 N–H and O–H groups in total. The summed E-state index contributed by atoms with van der Waals surface area (Å²) in [4.78, 5) is 13.8. The second-order valence-electron chi connectivity index (χ2n) is 7.42. The summed E-state index contributed by atoms with van der Waals surface area (Å²) in [7, 11) is 2.20. The molecule has 1 aliphatic heterocycles. The maximum Gasteiger partial charge on any atom is 0.280 e. The lowest BCUT2D eigenvalue weighted by molar-refractivity contribution is 0.130. The van der Waals surface area contributed by atoms with Gasteiger partial charge in [-0.3, -0.25) is 4.79 Å². The topological polar surface area (TPSA) is 49.2 Å². The standard InChI is InChI=1S/C19H26N2O2/c1-19(2,15-7-5-4-6-8-15)13-16-11-14(9-10-21(16)3)17-12-18(22)20-23-17/h4-8,12,14,16H,9-11,13H2,1-3H3,(H,20,22). The second kappa shape index (κ2) is 6.36. The van der Waals surface area contributed by atoms with Crippen molar-refractivity contribution in [3.8, 4) is 0 Å². The van der Waals surface area contributed by atoms with Gasteiger partial charge in [0.2, 0.25) is 0 Å². The molecule has 4 nitrogen and oxygen atoms in total. The molecule has 1 aromatic heterocycles. The highest BCUT2D eigenvalue weighted by Crippen LogP contribution is 2.37. The lowest BCUT2D eigenvalue weighted by atomic mass is 9.75. The fourth-order valence-electron chi connectivity index (χ4n) is 3.76. The molecule has 4 heteroatoms. The summed E-state index contributed by atoms with van der Waals surface area (Å²) >= 11 is 0. The fraction of sp³-hybridized carbons (Fsp3) is 0.526. The number of hydrogen-bond acceptors (Lipinski definition) is 3. The summed E-state index contributed by atoms with van der Waals surface area (Å²) in [5, 5.41) is 2.42. The zero-order chi connectivity index (χ0) is 16.4. The van der Waals surface area contributed by atoms with Gasteiger partial charge in [-0.05, 0) is 43.8 Å². The third-order valence-corrected chi connectivity index (χ3v) is 5.26. The number of nitrogens with zero attached hydrogens (tertiary/aromatic N) is 1. The molecule has 1 fully saturated rings. The van der Waals surface area contributed by atoms with E-state index in [1.807, 2.05) is 0 Å². The lowest BCUT2D eigenvalue weighted by Crippen LogP contribution is -2.42. The summed E-state index contributed by atoms with van der Waals surface area (Å²) in [5.74, 6) is 1.15. The quantitative estimate of drug-likeness (QED) is 0.939. The minimum atomic E-state index is -0.139. The largest absolute Gasteiger partial charge is 0.383 e. The van der Waals surface area contributed by atoms with Crippen molar-refractivity contribution in [2.45, 2.75) is 50.5 Å². The SMILES string of the molecule is CN1CCC(c2cc(=O)[nH]o2)CC1CC(C)(C)c1ccccc1. The Labute approximate surface area is 137 Å². The number of hydrogen-bond donors (Lipinski definition) is 1. The van der Waals surface area contributed by atoms with E-state index in [9.17, 15) is 4.79 Å². The van der Waals surface area contributed by atoms with E-state index in [1.165, 1.54) is 5.56 Å². The second-order valence-corrected chi connectivity index (χ2v) is 7.42. The lowest BCUT2D eigenvalue weighted by Gasteiger charge is -2.40. The van der Waals surface area contributed by atoms with E-state index < -0.39 is 0 Å². The first-order valence-electron chi connectivity index (χ1n) is 8.40. The molecule has 0 bridgehead atoms. The first-order chi connectivity index (χ1) is 11.0. The predicted octanol–water partition coefficient (Wildman–Crippen LogP) is 3.51.